The van der Waals surface area contributed by atoms with Crippen molar-refractivity contribution in [1.82, 2.24) is 0 Å². The molecule has 7 heteroatoms. The number of phenolic OH excluding ortho intramolecular Hbond substituents is 2. The second-order valence-corrected chi connectivity index (χ2v) is 10.3. The summed E-state index contributed by atoms with van der Waals surface area (Å²) in [5.41, 5.74) is 4.44. The number of rotatable bonds is 4. The van der Waals surface area contributed by atoms with Crippen molar-refractivity contribution >= 4 is 23.5 Å². The van der Waals surface area contributed by atoms with E-state index in [9.17, 15) is 10.2 Å². The van der Waals surface area contributed by atoms with Gasteiger partial charge in [-0.05, 0) is 86.3 Å². The minimum Gasteiger partial charge on any atom is -0.593 e. The van der Waals surface area contributed by atoms with E-state index in [0.29, 0.717) is 11.5 Å². The van der Waals surface area contributed by atoms with Gasteiger partial charge in [0.1, 0.15) is 21.3 Å². The molecule has 186 valence electrons. The van der Waals surface area contributed by atoms with E-state index in [-0.39, 0.29) is 28.0 Å². The smallest absolute Gasteiger partial charge is 0.268 e. The summed E-state index contributed by atoms with van der Waals surface area (Å²) in [6, 6.07) is 22.3. The molecule has 4 nitrogen and oxygen atoms in total. The van der Waals surface area contributed by atoms with Crippen molar-refractivity contribution in [3.63, 3.8) is 0 Å². The van der Waals surface area contributed by atoms with E-state index in [4.69, 9.17) is 10.2 Å². The van der Waals surface area contributed by atoms with Crippen LogP contribution in [0.1, 0.15) is 22.3 Å². The maximum atomic E-state index is 9.77. The van der Waals surface area contributed by atoms with Gasteiger partial charge < -0.3 is 20.4 Å². The molecule has 0 aliphatic rings. The van der Waals surface area contributed by atoms with Crippen LogP contribution in [0.2, 0.25) is 0 Å². The first-order valence-electron chi connectivity index (χ1n) is 10.7. The summed E-state index contributed by atoms with van der Waals surface area (Å²) in [6.45, 7) is 7.97. The summed E-state index contributed by atoms with van der Waals surface area (Å²) in [6.07, 6.45) is 0. The summed E-state index contributed by atoms with van der Waals surface area (Å²) < 4.78 is 0. The van der Waals surface area contributed by atoms with Crippen molar-refractivity contribution in [1.29, 1.82) is 0 Å². The largest absolute Gasteiger partial charge is 0.593 e. The van der Waals surface area contributed by atoms with Crippen LogP contribution < -0.4 is 0 Å². The van der Waals surface area contributed by atoms with E-state index >= 15 is 0 Å². The van der Waals surface area contributed by atoms with Gasteiger partial charge in [-0.15, -0.1) is 0 Å². The standard InChI is InChI=1S/2C14H14O2S.Ni/c2*1-9-3-5-11(15)13(7-9)17-14-8-10(2)4-6-12(14)16;/h2*3-8,15-16H,1-2H3;/p+2. The van der Waals surface area contributed by atoms with Crippen LogP contribution in [0, 0.1) is 27.7 Å². The summed E-state index contributed by atoms with van der Waals surface area (Å²) in [7, 11) is 0. The van der Waals surface area contributed by atoms with Gasteiger partial charge in [0.15, 0.2) is 0 Å². The number of hydrogen-bond acceptors (Lipinski definition) is 4. The van der Waals surface area contributed by atoms with Crippen LogP contribution in [0.4, 0.5) is 0 Å². The van der Waals surface area contributed by atoms with Crippen LogP contribution in [-0.4, -0.2) is 20.4 Å². The summed E-state index contributed by atoms with van der Waals surface area (Å²) in [5.74, 6) is 1.51. The first-order chi connectivity index (χ1) is 16.1. The van der Waals surface area contributed by atoms with Gasteiger partial charge in [0.05, 0.1) is 9.79 Å². The predicted molar refractivity (Wildman–Crippen MR) is 142 cm³/mol. The van der Waals surface area contributed by atoms with Crippen molar-refractivity contribution in [2.24, 2.45) is 0 Å². The molecule has 0 heterocycles. The third-order valence-corrected chi connectivity index (χ3v) is 7.15. The Kier molecular flexibility index (Phi) is 10.4. The third-order valence-electron chi connectivity index (χ3n) is 4.94. The van der Waals surface area contributed by atoms with Crippen molar-refractivity contribution < 1.29 is 36.9 Å². The second-order valence-electron chi connectivity index (χ2n) is 8.15. The molecule has 0 atom stereocenters. The fraction of sp³-hybridized carbons (Fsp3) is 0.143. The Balaban J connectivity index is 0.000000240. The van der Waals surface area contributed by atoms with Crippen molar-refractivity contribution in [2.45, 2.75) is 47.3 Å². The SMILES string of the molecule is Cc1ccc(O)c(Sc2cc(C)ccc2[OH2+])c1.Cc1ccc(O)c(Sc2cc(C)ccc2[OH2+])c1.[Ni]. The van der Waals surface area contributed by atoms with Gasteiger partial charge in [0, 0.05) is 28.6 Å². The Hall–Kier alpha value is -2.73. The molecule has 0 fully saturated rings. The molecule has 4 aromatic carbocycles. The Bertz CT molecular complexity index is 1110. The van der Waals surface area contributed by atoms with E-state index in [1.807, 2.05) is 76.2 Å². The summed E-state index contributed by atoms with van der Waals surface area (Å²) in [4.78, 5) is 3.32. The van der Waals surface area contributed by atoms with Gasteiger partial charge in [0.25, 0.3) is 11.5 Å². The Morgan fingerprint density at radius 3 is 1.11 bits per heavy atom. The van der Waals surface area contributed by atoms with E-state index in [0.717, 1.165) is 41.8 Å². The van der Waals surface area contributed by atoms with E-state index in [1.165, 1.54) is 23.5 Å². The zero-order valence-corrected chi connectivity index (χ0v) is 22.6. The molecule has 0 aliphatic carbocycles. The van der Waals surface area contributed by atoms with Gasteiger partial charge in [-0.25, -0.2) is 0 Å². The normalized spacial score (nSPS) is 10.2. The Morgan fingerprint density at radius 1 is 0.486 bits per heavy atom. The quantitative estimate of drug-likeness (QED) is 0.207. The minimum atomic E-state index is 0. The molecule has 0 radical (unpaired) electrons. The van der Waals surface area contributed by atoms with Crippen molar-refractivity contribution in [3.8, 4) is 23.0 Å². The van der Waals surface area contributed by atoms with E-state index in [1.54, 1.807) is 24.3 Å². The molecule has 0 aliphatic heterocycles. The molecule has 4 rings (SSSR count). The zero-order valence-electron chi connectivity index (χ0n) is 20.0. The monoisotopic (exact) mass is 552 g/mol. The molecular formula is C28H30NiO4S2+2. The second kappa shape index (κ2) is 12.8. The van der Waals surface area contributed by atoms with Crippen molar-refractivity contribution in [3.05, 3.63) is 95.1 Å². The molecule has 0 aromatic heterocycles. The van der Waals surface area contributed by atoms with Crippen molar-refractivity contribution in [2.75, 3.05) is 0 Å². The van der Waals surface area contributed by atoms with Crippen LogP contribution in [0.3, 0.4) is 0 Å². The van der Waals surface area contributed by atoms with E-state index < -0.39 is 0 Å². The minimum absolute atomic E-state index is 0. The number of aryl methyl sites for hydroxylation is 4. The molecule has 35 heavy (non-hydrogen) atoms. The number of phenols is 2. The summed E-state index contributed by atoms with van der Waals surface area (Å²) >= 11 is 2.86. The zero-order chi connectivity index (χ0) is 24.8. The molecule has 4 aromatic rings. The molecule has 0 bridgehead atoms. The molecule has 0 amide bonds. The Labute approximate surface area is 225 Å². The number of hydrogen-bond donors (Lipinski definition) is 2. The molecule has 6 N–H and O–H groups in total. The fourth-order valence-corrected chi connectivity index (χ4v) is 5.23. The molecule has 0 spiro atoms. The van der Waals surface area contributed by atoms with Crippen LogP contribution in [0.5, 0.6) is 23.0 Å². The average molecular weight is 553 g/mol. The number of benzene rings is 4. The molecule has 0 saturated carbocycles. The molecular weight excluding hydrogens is 523 g/mol. The van der Waals surface area contributed by atoms with Gasteiger partial charge in [-0.3, -0.25) is 0 Å². The third kappa shape index (κ3) is 8.17. The van der Waals surface area contributed by atoms with Gasteiger partial charge >= 0.3 is 0 Å². The van der Waals surface area contributed by atoms with Gasteiger partial charge in [0.2, 0.25) is 0 Å². The van der Waals surface area contributed by atoms with Crippen LogP contribution in [0.15, 0.2) is 92.4 Å². The molecule has 0 saturated heterocycles. The maximum absolute atomic E-state index is 9.77. The van der Waals surface area contributed by atoms with Gasteiger partial charge in [-0.1, -0.05) is 47.8 Å². The van der Waals surface area contributed by atoms with E-state index in [2.05, 4.69) is 0 Å². The number of aromatic hydroxyl groups is 2. The fourth-order valence-electron chi connectivity index (χ4n) is 3.07. The van der Waals surface area contributed by atoms with Crippen LogP contribution >= 0.6 is 23.5 Å². The average Bonchev–Trinajstić information content (AvgIpc) is 2.79. The Morgan fingerprint density at radius 2 is 0.771 bits per heavy atom. The summed E-state index contributed by atoms with van der Waals surface area (Å²) in [5, 5.41) is 35.2. The maximum Gasteiger partial charge on any atom is 0.268 e. The molecule has 0 unspecified atom stereocenters. The topological polar surface area (TPSA) is 86.3 Å². The van der Waals surface area contributed by atoms with Crippen LogP contribution in [-0.2, 0) is 16.5 Å². The van der Waals surface area contributed by atoms with Crippen LogP contribution in [0.25, 0.3) is 0 Å². The van der Waals surface area contributed by atoms with Gasteiger partial charge in [-0.2, -0.15) is 0 Å². The predicted octanol–water partition coefficient (Wildman–Crippen LogP) is 7.19. The first-order valence-corrected chi connectivity index (χ1v) is 12.3. The first kappa shape index (κ1) is 28.5.